The minimum absolute atomic E-state index is 0.104. The van der Waals surface area contributed by atoms with Gasteiger partial charge in [-0.3, -0.25) is 19.2 Å². The lowest BCUT2D eigenvalue weighted by Crippen LogP contribution is -2.82. The van der Waals surface area contributed by atoms with Crippen LogP contribution in [0.3, 0.4) is 0 Å². The van der Waals surface area contributed by atoms with E-state index in [2.05, 4.69) is 6.92 Å². The molecule has 0 radical (unpaired) electrons. The second kappa shape index (κ2) is 10.4. The quantitative estimate of drug-likeness (QED) is 0.257. The number of epoxide rings is 1. The third kappa shape index (κ3) is 4.04. The fourth-order valence-electron chi connectivity index (χ4n) is 12.0. The predicted octanol–water partition coefficient (Wildman–Crippen LogP) is 2.30. The van der Waals surface area contributed by atoms with Gasteiger partial charge in [0.1, 0.15) is 18.3 Å². The second-order valence-corrected chi connectivity index (χ2v) is 15.3. The van der Waals surface area contributed by atoms with Gasteiger partial charge in [0.2, 0.25) is 0 Å². The number of aliphatic hydroxyl groups excluding tert-OH is 1. The normalized spacial score (nSPS) is 51.6. The summed E-state index contributed by atoms with van der Waals surface area (Å²) in [5.74, 6) is -3.94. The molecule has 2 aliphatic heterocycles. The summed E-state index contributed by atoms with van der Waals surface area (Å²) >= 11 is 0. The number of rotatable bonds is 5. The van der Waals surface area contributed by atoms with Crippen molar-refractivity contribution in [3.63, 3.8) is 0 Å². The van der Waals surface area contributed by atoms with E-state index in [0.717, 1.165) is 0 Å². The van der Waals surface area contributed by atoms with Crippen LogP contribution in [0.25, 0.3) is 0 Å². The second-order valence-electron chi connectivity index (χ2n) is 15.3. The summed E-state index contributed by atoms with van der Waals surface area (Å²) in [6.45, 7) is 12.0. The van der Waals surface area contributed by atoms with E-state index in [1.54, 1.807) is 0 Å². The molecular formula is C33H48O12. The first kappa shape index (κ1) is 32.7. The number of aliphatic hydroxyl groups is 2. The van der Waals surface area contributed by atoms with Crippen molar-refractivity contribution in [3.8, 4) is 0 Å². The van der Waals surface area contributed by atoms with E-state index in [9.17, 15) is 29.4 Å². The van der Waals surface area contributed by atoms with E-state index in [0.29, 0.717) is 25.7 Å². The van der Waals surface area contributed by atoms with Gasteiger partial charge in [-0.05, 0) is 62.2 Å². The number of carbonyl (C=O) groups is 4. The summed E-state index contributed by atoms with van der Waals surface area (Å²) in [6.07, 6.45) is -3.14. The largest absolute Gasteiger partial charge is 0.468 e. The molecule has 12 nitrogen and oxygen atoms in total. The molecule has 5 unspecified atom stereocenters. The molecule has 6 rings (SSSR count). The Morgan fingerprint density at radius 3 is 2.16 bits per heavy atom. The van der Waals surface area contributed by atoms with Crippen LogP contribution in [0.1, 0.15) is 80.6 Å². The minimum atomic E-state index is -1.83. The molecule has 4 aliphatic carbocycles. The molecule has 6 aliphatic rings. The van der Waals surface area contributed by atoms with Crippen LogP contribution in [-0.2, 0) is 47.6 Å². The highest BCUT2D eigenvalue weighted by Gasteiger charge is 2.87. The van der Waals surface area contributed by atoms with Crippen LogP contribution in [-0.4, -0.2) is 90.2 Å². The topological polar surface area (TPSA) is 167 Å². The Hall–Kier alpha value is -2.28. The van der Waals surface area contributed by atoms with E-state index in [4.69, 9.17) is 28.4 Å². The molecule has 4 saturated carbocycles. The van der Waals surface area contributed by atoms with E-state index < -0.39 is 93.7 Å². The van der Waals surface area contributed by atoms with Gasteiger partial charge < -0.3 is 38.6 Å². The van der Waals surface area contributed by atoms with Gasteiger partial charge in [-0.2, -0.15) is 0 Å². The lowest BCUT2D eigenvalue weighted by atomic mass is 9.33. The van der Waals surface area contributed by atoms with E-state index in [-0.39, 0.29) is 31.0 Å². The first-order chi connectivity index (χ1) is 21.0. The van der Waals surface area contributed by atoms with Crippen molar-refractivity contribution in [1.29, 1.82) is 0 Å². The van der Waals surface area contributed by atoms with Gasteiger partial charge in [-0.15, -0.1) is 0 Å². The summed E-state index contributed by atoms with van der Waals surface area (Å²) in [4.78, 5) is 52.0. The molecule has 0 aromatic rings. The number of fused-ring (bicyclic) bond motifs is 9. The van der Waals surface area contributed by atoms with E-state index in [1.807, 2.05) is 20.8 Å². The van der Waals surface area contributed by atoms with Gasteiger partial charge in [0, 0.05) is 37.5 Å². The fraction of sp³-hybridized carbons (Fsp3) is 0.879. The van der Waals surface area contributed by atoms with Crippen molar-refractivity contribution in [2.75, 3.05) is 13.7 Å². The number of hydrogen-bond acceptors (Lipinski definition) is 12. The molecular weight excluding hydrogens is 588 g/mol. The molecule has 2 N–H and O–H groups in total. The minimum Gasteiger partial charge on any atom is -0.468 e. The zero-order chi connectivity index (χ0) is 33.1. The number of carbonyl (C=O) groups excluding carboxylic acids is 4. The number of methoxy groups -OCH3 is 1. The van der Waals surface area contributed by atoms with Gasteiger partial charge in [0.25, 0.3) is 0 Å². The van der Waals surface area contributed by atoms with Crippen LogP contribution in [0.4, 0.5) is 0 Å². The summed E-state index contributed by atoms with van der Waals surface area (Å²) in [7, 11) is 1.23. The van der Waals surface area contributed by atoms with Crippen LogP contribution >= 0.6 is 0 Å². The molecule has 15 atom stereocenters. The average molecular weight is 637 g/mol. The lowest BCUT2D eigenvalue weighted by Gasteiger charge is -2.72. The Morgan fingerprint density at radius 1 is 0.933 bits per heavy atom. The zero-order valence-corrected chi connectivity index (χ0v) is 27.5. The van der Waals surface area contributed by atoms with Crippen LogP contribution < -0.4 is 0 Å². The Labute approximate surface area is 263 Å². The van der Waals surface area contributed by atoms with Crippen molar-refractivity contribution in [2.45, 2.75) is 123 Å². The highest BCUT2D eigenvalue weighted by Crippen LogP contribution is 2.77. The molecule has 12 heteroatoms. The maximum Gasteiger partial charge on any atom is 0.321 e. The predicted molar refractivity (Wildman–Crippen MR) is 154 cm³/mol. The third-order valence-corrected chi connectivity index (χ3v) is 13.4. The highest BCUT2D eigenvalue weighted by atomic mass is 16.6. The van der Waals surface area contributed by atoms with E-state index in [1.165, 1.54) is 27.9 Å². The van der Waals surface area contributed by atoms with Crippen LogP contribution in [0.2, 0.25) is 0 Å². The first-order valence-corrected chi connectivity index (χ1v) is 16.2. The maximum atomic E-state index is 14.1. The van der Waals surface area contributed by atoms with Crippen molar-refractivity contribution >= 4 is 23.9 Å². The molecule has 0 bridgehead atoms. The number of hydrogen-bond donors (Lipinski definition) is 2. The Balaban J connectivity index is 1.56. The zero-order valence-electron chi connectivity index (χ0n) is 27.5. The fourth-order valence-corrected chi connectivity index (χ4v) is 12.0. The van der Waals surface area contributed by atoms with Crippen molar-refractivity contribution in [3.05, 3.63) is 0 Å². The van der Waals surface area contributed by atoms with Gasteiger partial charge in [0.05, 0.1) is 25.4 Å². The van der Waals surface area contributed by atoms with Crippen LogP contribution in [0.5, 0.6) is 0 Å². The first-order valence-electron chi connectivity index (χ1n) is 16.2. The molecule has 0 aromatic heterocycles. The smallest absolute Gasteiger partial charge is 0.321 e. The molecule has 45 heavy (non-hydrogen) atoms. The van der Waals surface area contributed by atoms with Gasteiger partial charge in [-0.25, -0.2) is 0 Å². The molecule has 0 aromatic carbocycles. The molecule has 252 valence electrons. The van der Waals surface area contributed by atoms with Crippen molar-refractivity contribution in [2.24, 2.45) is 45.3 Å². The highest BCUT2D eigenvalue weighted by molar-refractivity contribution is 5.83. The molecule has 6 fully saturated rings. The van der Waals surface area contributed by atoms with Gasteiger partial charge in [0.15, 0.2) is 17.8 Å². The molecule has 2 heterocycles. The van der Waals surface area contributed by atoms with Crippen molar-refractivity contribution < 1.29 is 57.8 Å². The summed E-state index contributed by atoms with van der Waals surface area (Å²) < 4.78 is 35.4. The SMILES string of the molecule is COC(=O)[C@]12[C@@H]3O[C@@H]3C(C)C[C@@]1(O)C1CC[C@]3(C)C(CC[C@@]4(C(C)OC(C)=O)COC(O)[C@H]43)[C@@]1(C)[C@H](OC(C)=O)[C@@H]2OC(C)=O. The number of esters is 4. The summed E-state index contributed by atoms with van der Waals surface area (Å²) in [5, 5.41) is 24.7. The molecule has 2 saturated heterocycles. The van der Waals surface area contributed by atoms with E-state index >= 15 is 0 Å². The van der Waals surface area contributed by atoms with Crippen molar-refractivity contribution in [1.82, 2.24) is 0 Å². The standard InChI is InChI=1S/C33H48O12/c1-15-13-32(39)21-9-11-29(6)20(10-12-31(16(2)42-17(3)34)14-41-27(37)23(29)31)30(21,7)25(43-18(4)35)26(44-19(5)36)33(32,28(38)40-8)24-22(15)45-24/h15-16,20-27,37,39H,9-14H2,1-8H3/t15?,16?,20?,21?,22-,23+,24-,25-,26+,27?,29-,30-,31+,32-,33-/m1/s1. The molecule has 0 spiro atoms. The Kier molecular flexibility index (Phi) is 7.52. The van der Waals surface area contributed by atoms with Gasteiger partial charge >= 0.3 is 23.9 Å². The number of ether oxygens (including phenoxy) is 6. The Bertz CT molecular complexity index is 1290. The Morgan fingerprint density at radius 2 is 1.56 bits per heavy atom. The summed E-state index contributed by atoms with van der Waals surface area (Å²) in [6, 6.07) is 0. The average Bonchev–Trinajstić information content (AvgIpc) is 3.66. The van der Waals surface area contributed by atoms with Gasteiger partial charge in [-0.1, -0.05) is 20.8 Å². The molecule has 0 amide bonds. The maximum absolute atomic E-state index is 14.1. The lowest BCUT2D eigenvalue weighted by molar-refractivity contribution is -0.335. The van der Waals surface area contributed by atoms with Crippen LogP contribution in [0, 0.1) is 45.3 Å². The monoisotopic (exact) mass is 636 g/mol. The summed E-state index contributed by atoms with van der Waals surface area (Å²) in [5.41, 5.74) is -5.92. The third-order valence-electron chi connectivity index (χ3n) is 13.4. The van der Waals surface area contributed by atoms with Crippen LogP contribution in [0.15, 0.2) is 0 Å².